The van der Waals surface area contributed by atoms with Crippen LogP contribution in [0.3, 0.4) is 0 Å². The lowest BCUT2D eigenvalue weighted by molar-refractivity contribution is 0.492. The van der Waals surface area contributed by atoms with E-state index in [0.29, 0.717) is 6.04 Å². The smallest absolute Gasteiger partial charge is 0.0314 e. The third-order valence-corrected chi connectivity index (χ3v) is 4.64. The second-order valence-corrected chi connectivity index (χ2v) is 5.73. The minimum atomic E-state index is 0.631. The van der Waals surface area contributed by atoms with Gasteiger partial charge in [0.05, 0.1) is 0 Å². The molecule has 15 heavy (non-hydrogen) atoms. The van der Waals surface area contributed by atoms with Gasteiger partial charge in [-0.3, -0.25) is 0 Å². The van der Waals surface area contributed by atoms with Crippen molar-refractivity contribution < 1.29 is 0 Å². The zero-order chi connectivity index (χ0) is 11.1. The van der Waals surface area contributed by atoms with E-state index in [2.05, 4.69) is 46.7 Å². The summed E-state index contributed by atoms with van der Waals surface area (Å²) in [5.74, 6) is 0. The van der Waals surface area contributed by atoms with Crippen LogP contribution < -0.4 is 5.32 Å². The highest BCUT2D eigenvalue weighted by molar-refractivity contribution is 9.10. The first-order valence-corrected chi connectivity index (χ1v) is 7.34. The van der Waals surface area contributed by atoms with Gasteiger partial charge in [-0.15, -0.1) is 11.3 Å². The highest BCUT2D eigenvalue weighted by Gasteiger charge is 2.10. The van der Waals surface area contributed by atoms with Crippen molar-refractivity contribution in [3.05, 3.63) is 20.8 Å². The molecule has 1 atom stereocenters. The van der Waals surface area contributed by atoms with Crippen LogP contribution in [0.2, 0.25) is 0 Å². The molecule has 0 aliphatic rings. The Morgan fingerprint density at radius 2 is 2.27 bits per heavy atom. The van der Waals surface area contributed by atoms with Crippen molar-refractivity contribution in [2.75, 3.05) is 7.05 Å². The molecule has 1 unspecified atom stereocenters. The van der Waals surface area contributed by atoms with Crippen molar-refractivity contribution >= 4 is 27.3 Å². The van der Waals surface area contributed by atoms with Gasteiger partial charge in [-0.2, -0.15) is 0 Å². The number of halogens is 1. The molecule has 0 fully saturated rings. The molecule has 0 saturated carbocycles. The first-order valence-electron chi connectivity index (χ1n) is 5.67. The van der Waals surface area contributed by atoms with Crippen LogP contribution >= 0.6 is 27.3 Å². The molecule has 0 aliphatic carbocycles. The fourth-order valence-electron chi connectivity index (χ4n) is 1.68. The summed E-state index contributed by atoms with van der Waals surface area (Å²) in [5, 5.41) is 5.56. The minimum Gasteiger partial charge on any atom is -0.317 e. The number of rotatable bonds is 7. The maximum atomic E-state index is 3.59. The van der Waals surface area contributed by atoms with Gasteiger partial charge < -0.3 is 5.32 Å². The normalized spacial score (nSPS) is 13.0. The molecule has 0 spiro atoms. The van der Waals surface area contributed by atoms with Gasteiger partial charge >= 0.3 is 0 Å². The topological polar surface area (TPSA) is 12.0 Å². The molecule has 0 amide bonds. The van der Waals surface area contributed by atoms with E-state index in [1.165, 1.54) is 35.0 Å². The summed E-state index contributed by atoms with van der Waals surface area (Å²) in [6.45, 7) is 2.25. The maximum Gasteiger partial charge on any atom is 0.0314 e. The average Bonchev–Trinajstić information content (AvgIpc) is 2.63. The quantitative estimate of drug-likeness (QED) is 0.741. The van der Waals surface area contributed by atoms with Gasteiger partial charge in [-0.25, -0.2) is 0 Å². The van der Waals surface area contributed by atoms with Crippen molar-refractivity contribution in [2.45, 2.75) is 45.1 Å². The lowest BCUT2D eigenvalue weighted by Gasteiger charge is -2.15. The van der Waals surface area contributed by atoms with Gasteiger partial charge in [-0.05, 0) is 47.3 Å². The summed E-state index contributed by atoms with van der Waals surface area (Å²) < 4.78 is 1.27. The highest BCUT2D eigenvalue weighted by Crippen LogP contribution is 2.24. The zero-order valence-corrected chi connectivity index (χ0v) is 12.0. The Morgan fingerprint density at radius 1 is 1.47 bits per heavy atom. The Labute approximate surface area is 105 Å². The van der Waals surface area contributed by atoms with E-state index in [9.17, 15) is 0 Å². The fourth-order valence-corrected chi connectivity index (χ4v) is 3.28. The van der Waals surface area contributed by atoms with Gasteiger partial charge in [0.2, 0.25) is 0 Å². The van der Waals surface area contributed by atoms with Crippen LogP contribution in [0.1, 0.15) is 37.5 Å². The molecule has 0 aliphatic heterocycles. The molecule has 0 aromatic carbocycles. The van der Waals surface area contributed by atoms with Gasteiger partial charge in [0.15, 0.2) is 0 Å². The third kappa shape index (κ3) is 4.66. The number of hydrogen-bond donors (Lipinski definition) is 1. The molecule has 0 bridgehead atoms. The van der Waals surface area contributed by atoms with E-state index >= 15 is 0 Å². The molecule has 0 saturated heterocycles. The maximum absolute atomic E-state index is 3.59. The van der Waals surface area contributed by atoms with E-state index in [1.54, 1.807) is 0 Å². The van der Waals surface area contributed by atoms with E-state index in [0.717, 1.165) is 6.42 Å². The average molecular weight is 290 g/mol. The molecule has 86 valence electrons. The first kappa shape index (κ1) is 13.2. The van der Waals surface area contributed by atoms with Crippen molar-refractivity contribution in [1.82, 2.24) is 5.32 Å². The van der Waals surface area contributed by atoms with Gasteiger partial charge in [0.1, 0.15) is 0 Å². The SMILES string of the molecule is CCCCCC(Cc1sccc1Br)NC. The predicted octanol–water partition coefficient (Wildman–Crippen LogP) is 4.22. The summed E-state index contributed by atoms with van der Waals surface area (Å²) in [4.78, 5) is 1.46. The van der Waals surface area contributed by atoms with Gasteiger partial charge in [0.25, 0.3) is 0 Å². The Bertz CT molecular complexity index is 272. The molecule has 1 N–H and O–H groups in total. The van der Waals surface area contributed by atoms with Gasteiger partial charge in [-0.1, -0.05) is 26.2 Å². The minimum absolute atomic E-state index is 0.631. The Balaban J connectivity index is 2.36. The zero-order valence-electron chi connectivity index (χ0n) is 9.55. The Hall–Kier alpha value is 0.140. The molecule has 0 radical (unpaired) electrons. The van der Waals surface area contributed by atoms with Crippen molar-refractivity contribution in [3.63, 3.8) is 0 Å². The fraction of sp³-hybridized carbons (Fsp3) is 0.667. The van der Waals surface area contributed by atoms with Crippen LogP contribution in [0, 0.1) is 0 Å². The molecular formula is C12H20BrNS. The number of nitrogens with one attached hydrogen (secondary N) is 1. The van der Waals surface area contributed by atoms with E-state index in [4.69, 9.17) is 0 Å². The number of thiophene rings is 1. The van der Waals surface area contributed by atoms with Crippen molar-refractivity contribution in [1.29, 1.82) is 0 Å². The first-order chi connectivity index (χ1) is 7.27. The van der Waals surface area contributed by atoms with E-state index < -0.39 is 0 Å². The van der Waals surface area contributed by atoms with Crippen LogP contribution in [0.15, 0.2) is 15.9 Å². The highest BCUT2D eigenvalue weighted by atomic mass is 79.9. The predicted molar refractivity (Wildman–Crippen MR) is 72.7 cm³/mol. The molecule has 3 heteroatoms. The molecule has 1 rings (SSSR count). The lowest BCUT2D eigenvalue weighted by atomic mass is 10.1. The molecule has 1 aromatic rings. The monoisotopic (exact) mass is 289 g/mol. The number of unbranched alkanes of at least 4 members (excludes halogenated alkanes) is 2. The van der Waals surface area contributed by atoms with Crippen LogP contribution in [0.4, 0.5) is 0 Å². The number of hydrogen-bond acceptors (Lipinski definition) is 2. The summed E-state index contributed by atoms with van der Waals surface area (Å²) in [7, 11) is 2.07. The van der Waals surface area contributed by atoms with Crippen LogP contribution in [-0.4, -0.2) is 13.1 Å². The lowest BCUT2D eigenvalue weighted by Crippen LogP contribution is -2.27. The van der Waals surface area contributed by atoms with Crippen molar-refractivity contribution in [3.8, 4) is 0 Å². The Kier molecular flexibility index (Phi) is 6.53. The summed E-state index contributed by atoms with van der Waals surface area (Å²) in [5.41, 5.74) is 0. The van der Waals surface area contributed by atoms with Crippen LogP contribution in [-0.2, 0) is 6.42 Å². The standard InChI is InChI=1S/C12H20BrNS/c1-3-4-5-6-10(14-2)9-12-11(13)7-8-15-12/h7-8,10,14H,3-6,9H2,1-2H3. The van der Waals surface area contributed by atoms with Crippen molar-refractivity contribution in [2.24, 2.45) is 0 Å². The van der Waals surface area contributed by atoms with Gasteiger partial charge in [0, 0.05) is 15.4 Å². The van der Waals surface area contributed by atoms with Crippen LogP contribution in [0.25, 0.3) is 0 Å². The number of likely N-dealkylation sites (N-methyl/N-ethyl adjacent to an activating group) is 1. The summed E-state index contributed by atoms with van der Waals surface area (Å²) in [6, 6.07) is 2.77. The molecular weight excluding hydrogens is 270 g/mol. The van der Waals surface area contributed by atoms with Crippen LogP contribution in [0.5, 0.6) is 0 Å². The summed E-state index contributed by atoms with van der Waals surface area (Å²) >= 11 is 5.43. The molecule has 1 heterocycles. The summed E-state index contributed by atoms with van der Waals surface area (Å²) in [6.07, 6.45) is 6.43. The molecule has 1 nitrogen and oxygen atoms in total. The third-order valence-electron chi connectivity index (χ3n) is 2.69. The van der Waals surface area contributed by atoms with E-state index in [-0.39, 0.29) is 0 Å². The largest absolute Gasteiger partial charge is 0.317 e. The Morgan fingerprint density at radius 3 is 2.80 bits per heavy atom. The molecule has 1 aromatic heterocycles. The van der Waals surface area contributed by atoms with E-state index in [1.807, 2.05) is 11.3 Å². The second-order valence-electron chi connectivity index (χ2n) is 3.88. The second kappa shape index (κ2) is 7.42.